The number of aliphatic hydroxyl groups is 1. The third-order valence-corrected chi connectivity index (χ3v) is 1.35. The average molecular weight is 161 g/mol. The second-order valence-corrected chi connectivity index (χ2v) is 2.33. The van der Waals surface area contributed by atoms with E-state index in [2.05, 4.69) is 4.74 Å². The highest BCUT2D eigenvalue weighted by Crippen LogP contribution is 1.88. The minimum Gasteiger partial charge on any atom is -0.396 e. The highest BCUT2D eigenvalue weighted by atomic mass is 16.5. The SMILES string of the molecule is COCC(=O)N(C)CCCO. The fraction of sp³-hybridized carbons (Fsp3) is 0.857. The van der Waals surface area contributed by atoms with Crippen LogP contribution in [-0.2, 0) is 9.53 Å². The molecular weight excluding hydrogens is 146 g/mol. The molecule has 0 rings (SSSR count). The number of ether oxygens (including phenoxy) is 1. The normalized spacial score (nSPS) is 9.73. The molecule has 1 amide bonds. The number of aliphatic hydroxyl groups excluding tert-OH is 1. The number of rotatable bonds is 5. The summed E-state index contributed by atoms with van der Waals surface area (Å²) >= 11 is 0. The zero-order chi connectivity index (χ0) is 8.69. The molecule has 0 bridgehead atoms. The van der Waals surface area contributed by atoms with E-state index in [0.717, 1.165) is 0 Å². The fourth-order valence-corrected chi connectivity index (χ4v) is 0.666. The third-order valence-electron chi connectivity index (χ3n) is 1.35. The van der Waals surface area contributed by atoms with Crippen molar-refractivity contribution in [3.05, 3.63) is 0 Å². The van der Waals surface area contributed by atoms with Crippen LogP contribution in [0.25, 0.3) is 0 Å². The van der Waals surface area contributed by atoms with Crippen LogP contribution in [0.4, 0.5) is 0 Å². The molecule has 0 aromatic carbocycles. The number of methoxy groups -OCH3 is 1. The van der Waals surface area contributed by atoms with Gasteiger partial charge in [0.05, 0.1) is 0 Å². The number of nitrogens with zero attached hydrogens (tertiary/aromatic N) is 1. The predicted octanol–water partition coefficient (Wildman–Crippen LogP) is -0.526. The number of hydrogen-bond donors (Lipinski definition) is 1. The molecule has 0 unspecified atom stereocenters. The maximum absolute atomic E-state index is 11.0. The number of hydrogen-bond acceptors (Lipinski definition) is 3. The van der Waals surface area contributed by atoms with E-state index in [0.29, 0.717) is 13.0 Å². The monoisotopic (exact) mass is 161 g/mol. The topological polar surface area (TPSA) is 49.8 Å². The summed E-state index contributed by atoms with van der Waals surface area (Å²) in [5, 5.41) is 8.46. The van der Waals surface area contributed by atoms with Crippen LogP contribution in [0.3, 0.4) is 0 Å². The third kappa shape index (κ3) is 4.75. The maximum atomic E-state index is 11.0. The Morgan fingerprint density at radius 3 is 2.73 bits per heavy atom. The summed E-state index contributed by atoms with van der Waals surface area (Å²) in [6.45, 7) is 0.811. The summed E-state index contributed by atoms with van der Waals surface area (Å²) in [6, 6.07) is 0. The molecule has 0 fully saturated rings. The lowest BCUT2D eigenvalue weighted by Gasteiger charge is -2.15. The number of likely N-dealkylation sites (N-methyl/N-ethyl adjacent to an activating group) is 1. The molecule has 0 radical (unpaired) electrons. The first-order valence-electron chi connectivity index (χ1n) is 3.56. The van der Waals surface area contributed by atoms with Gasteiger partial charge in [0, 0.05) is 27.3 Å². The summed E-state index contributed by atoms with van der Waals surface area (Å²) in [5.74, 6) is -0.0547. The van der Waals surface area contributed by atoms with Gasteiger partial charge in [0.25, 0.3) is 0 Å². The van der Waals surface area contributed by atoms with Gasteiger partial charge in [0.2, 0.25) is 5.91 Å². The van der Waals surface area contributed by atoms with Crippen molar-refractivity contribution < 1.29 is 14.6 Å². The Morgan fingerprint density at radius 2 is 2.27 bits per heavy atom. The van der Waals surface area contributed by atoms with Crippen LogP contribution in [0.2, 0.25) is 0 Å². The lowest BCUT2D eigenvalue weighted by Crippen LogP contribution is -2.31. The largest absolute Gasteiger partial charge is 0.396 e. The van der Waals surface area contributed by atoms with E-state index >= 15 is 0 Å². The predicted molar refractivity (Wildman–Crippen MR) is 41.2 cm³/mol. The van der Waals surface area contributed by atoms with Gasteiger partial charge in [-0.2, -0.15) is 0 Å². The first-order chi connectivity index (χ1) is 5.22. The molecule has 11 heavy (non-hydrogen) atoms. The van der Waals surface area contributed by atoms with E-state index < -0.39 is 0 Å². The minimum atomic E-state index is -0.0547. The molecule has 0 heterocycles. The van der Waals surface area contributed by atoms with Crippen LogP contribution >= 0.6 is 0 Å². The summed E-state index contributed by atoms with van der Waals surface area (Å²) in [4.78, 5) is 12.5. The molecular formula is C7H15NO3. The van der Waals surface area contributed by atoms with E-state index in [-0.39, 0.29) is 19.1 Å². The minimum absolute atomic E-state index is 0.0547. The van der Waals surface area contributed by atoms with E-state index in [1.54, 1.807) is 11.9 Å². The standard InChI is InChI=1S/C7H15NO3/c1-8(4-3-5-9)7(10)6-11-2/h9H,3-6H2,1-2H3. The van der Waals surface area contributed by atoms with Crippen LogP contribution < -0.4 is 0 Å². The van der Waals surface area contributed by atoms with Gasteiger partial charge in [-0.1, -0.05) is 0 Å². The van der Waals surface area contributed by atoms with Gasteiger partial charge in [-0.3, -0.25) is 4.79 Å². The van der Waals surface area contributed by atoms with Gasteiger partial charge in [0.1, 0.15) is 6.61 Å². The van der Waals surface area contributed by atoms with Crippen LogP contribution in [0.1, 0.15) is 6.42 Å². The molecule has 4 heteroatoms. The van der Waals surface area contributed by atoms with Crippen molar-refractivity contribution in [1.29, 1.82) is 0 Å². The lowest BCUT2D eigenvalue weighted by atomic mass is 10.4. The van der Waals surface area contributed by atoms with Crippen molar-refractivity contribution in [1.82, 2.24) is 4.90 Å². The highest BCUT2D eigenvalue weighted by Gasteiger charge is 2.05. The van der Waals surface area contributed by atoms with Gasteiger partial charge in [0.15, 0.2) is 0 Å². The van der Waals surface area contributed by atoms with Crippen molar-refractivity contribution in [3.8, 4) is 0 Å². The van der Waals surface area contributed by atoms with Crippen LogP contribution in [0.15, 0.2) is 0 Å². The molecule has 0 aromatic rings. The van der Waals surface area contributed by atoms with Crippen molar-refractivity contribution in [2.75, 3.05) is 33.9 Å². The lowest BCUT2D eigenvalue weighted by molar-refractivity contribution is -0.133. The molecule has 0 saturated carbocycles. The first kappa shape index (κ1) is 10.4. The maximum Gasteiger partial charge on any atom is 0.248 e. The van der Waals surface area contributed by atoms with Gasteiger partial charge in [-0.15, -0.1) is 0 Å². The van der Waals surface area contributed by atoms with Crippen molar-refractivity contribution in [2.45, 2.75) is 6.42 Å². The van der Waals surface area contributed by atoms with Gasteiger partial charge >= 0.3 is 0 Å². The number of carbonyl (C=O) groups is 1. The molecule has 0 aliphatic carbocycles. The van der Waals surface area contributed by atoms with Crippen molar-refractivity contribution in [3.63, 3.8) is 0 Å². The smallest absolute Gasteiger partial charge is 0.248 e. The van der Waals surface area contributed by atoms with Crippen molar-refractivity contribution in [2.24, 2.45) is 0 Å². The zero-order valence-corrected chi connectivity index (χ0v) is 7.04. The highest BCUT2D eigenvalue weighted by molar-refractivity contribution is 5.77. The van der Waals surface area contributed by atoms with Crippen LogP contribution in [0.5, 0.6) is 0 Å². The van der Waals surface area contributed by atoms with Crippen molar-refractivity contribution >= 4 is 5.91 Å². The Balaban J connectivity index is 3.46. The number of amides is 1. The molecule has 0 aliphatic rings. The van der Waals surface area contributed by atoms with Crippen LogP contribution in [-0.4, -0.2) is 49.8 Å². The van der Waals surface area contributed by atoms with Gasteiger partial charge in [-0.05, 0) is 6.42 Å². The average Bonchev–Trinajstić information content (AvgIpc) is 2.00. The van der Waals surface area contributed by atoms with E-state index in [9.17, 15) is 4.79 Å². The Hall–Kier alpha value is -0.610. The molecule has 0 saturated heterocycles. The molecule has 0 spiro atoms. The second kappa shape index (κ2) is 6.12. The van der Waals surface area contributed by atoms with E-state index in [1.807, 2.05) is 0 Å². The van der Waals surface area contributed by atoms with E-state index in [1.165, 1.54) is 7.11 Å². The molecule has 1 N–H and O–H groups in total. The second-order valence-electron chi connectivity index (χ2n) is 2.33. The van der Waals surface area contributed by atoms with Gasteiger partial charge < -0.3 is 14.7 Å². The molecule has 0 aliphatic heterocycles. The van der Waals surface area contributed by atoms with E-state index in [4.69, 9.17) is 5.11 Å². The fourth-order valence-electron chi connectivity index (χ4n) is 0.666. The Kier molecular flexibility index (Phi) is 5.78. The Morgan fingerprint density at radius 1 is 1.64 bits per heavy atom. The molecule has 0 aromatic heterocycles. The summed E-state index contributed by atoms with van der Waals surface area (Å²) in [6.07, 6.45) is 0.617. The van der Waals surface area contributed by atoms with Gasteiger partial charge in [-0.25, -0.2) is 0 Å². The number of carbonyl (C=O) groups excluding carboxylic acids is 1. The Bertz CT molecular complexity index is 116. The zero-order valence-electron chi connectivity index (χ0n) is 7.04. The molecule has 0 atom stereocenters. The Labute approximate surface area is 66.8 Å². The summed E-state index contributed by atoms with van der Waals surface area (Å²) in [5.41, 5.74) is 0. The molecule has 4 nitrogen and oxygen atoms in total. The van der Waals surface area contributed by atoms with Crippen LogP contribution in [0, 0.1) is 0 Å². The first-order valence-corrected chi connectivity index (χ1v) is 3.56. The summed E-state index contributed by atoms with van der Waals surface area (Å²) in [7, 11) is 3.18. The summed E-state index contributed by atoms with van der Waals surface area (Å²) < 4.78 is 4.65. The quantitative estimate of drug-likeness (QED) is 0.590. The molecule has 66 valence electrons.